The van der Waals surface area contributed by atoms with Crippen molar-refractivity contribution in [2.75, 3.05) is 16.9 Å². The summed E-state index contributed by atoms with van der Waals surface area (Å²) in [6.45, 7) is 2.86. The van der Waals surface area contributed by atoms with E-state index in [1.165, 1.54) is 5.56 Å². The van der Waals surface area contributed by atoms with E-state index in [2.05, 4.69) is 28.4 Å². The summed E-state index contributed by atoms with van der Waals surface area (Å²) in [6, 6.07) is 8.00. The number of hydrogen-bond donors (Lipinski definition) is 2. The molecule has 2 heterocycles. The highest BCUT2D eigenvalue weighted by atomic mass is 19.1. The van der Waals surface area contributed by atoms with E-state index in [0.717, 1.165) is 24.8 Å². The molecule has 1 aliphatic heterocycles. The van der Waals surface area contributed by atoms with Crippen molar-refractivity contribution < 1.29 is 4.39 Å². The van der Waals surface area contributed by atoms with Crippen molar-refractivity contribution >= 4 is 17.5 Å². The molecular weight excluding hydrogens is 257 g/mol. The van der Waals surface area contributed by atoms with Gasteiger partial charge in [-0.25, -0.2) is 15.2 Å². The SMILES string of the molecule is CC1Cc2ccccc2N(c2nc(NN)ncc2F)C1. The van der Waals surface area contributed by atoms with Crippen LogP contribution >= 0.6 is 0 Å². The smallest absolute Gasteiger partial charge is 0.239 e. The van der Waals surface area contributed by atoms with E-state index in [-0.39, 0.29) is 11.8 Å². The molecule has 0 spiro atoms. The van der Waals surface area contributed by atoms with Gasteiger partial charge in [0.15, 0.2) is 11.6 Å². The summed E-state index contributed by atoms with van der Waals surface area (Å²) in [4.78, 5) is 9.82. The lowest BCUT2D eigenvalue weighted by Crippen LogP contribution is -2.32. The van der Waals surface area contributed by atoms with E-state index in [4.69, 9.17) is 5.84 Å². The molecule has 0 fully saturated rings. The van der Waals surface area contributed by atoms with Gasteiger partial charge in [-0.3, -0.25) is 5.43 Å². The molecule has 0 saturated carbocycles. The largest absolute Gasteiger partial charge is 0.323 e. The maximum absolute atomic E-state index is 14.1. The second-order valence-corrected chi connectivity index (χ2v) is 5.06. The number of hydrogen-bond acceptors (Lipinski definition) is 5. The summed E-state index contributed by atoms with van der Waals surface area (Å²) in [5.74, 6) is 5.74. The number of anilines is 3. The molecule has 3 rings (SSSR count). The average Bonchev–Trinajstić information content (AvgIpc) is 2.47. The topological polar surface area (TPSA) is 67.1 Å². The van der Waals surface area contributed by atoms with Gasteiger partial charge in [-0.2, -0.15) is 4.98 Å². The van der Waals surface area contributed by atoms with Crippen LogP contribution < -0.4 is 16.2 Å². The Morgan fingerprint density at radius 2 is 2.20 bits per heavy atom. The molecule has 0 saturated heterocycles. The van der Waals surface area contributed by atoms with E-state index in [9.17, 15) is 4.39 Å². The van der Waals surface area contributed by atoms with Crippen LogP contribution in [0.2, 0.25) is 0 Å². The van der Waals surface area contributed by atoms with E-state index in [0.29, 0.717) is 5.92 Å². The maximum Gasteiger partial charge on any atom is 0.239 e. The monoisotopic (exact) mass is 273 g/mol. The summed E-state index contributed by atoms with van der Waals surface area (Å²) < 4.78 is 14.1. The van der Waals surface area contributed by atoms with Crippen molar-refractivity contribution in [1.82, 2.24) is 9.97 Å². The summed E-state index contributed by atoms with van der Waals surface area (Å²) in [6.07, 6.45) is 2.13. The number of halogens is 1. The van der Waals surface area contributed by atoms with Crippen LogP contribution in [0.3, 0.4) is 0 Å². The van der Waals surface area contributed by atoms with Crippen molar-refractivity contribution in [1.29, 1.82) is 0 Å². The Labute approximate surface area is 116 Å². The fraction of sp³-hybridized carbons (Fsp3) is 0.286. The van der Waals surface area contributed by atoms with Crippen LogP contribution in [0.5, 0.6) is 0 Å². The number of nitrogens with zero attached hydrogens (tertiary/aromatic N) is 3. The van der Waals surface area contributed by atoms with Crippen LogP contribution in [-0.2, 0) is 6.42 Å². The first-order chi connectivity index (χ1) is 9.69. The lowest BCUT2D eigenvalue weighted by molar-refractivity contribution is 0.546. The lowest BCUT2D eigenvalue weighted by atomic mass is 9.94. The highest BCUT2D eigenvalue weighted by Gasteiger charge is 2.25. The van der Waals surface area contributed by atoms with Gasteiger partial charge in [0.1, 0.15) is 0 Å². The molecule has 2 aromatic rings. The van der Waals surface area contributed by atoms with Crippen LogP contribution in [0, 0.1) is 11.7 Å². The quantitative estimate of drug-likeness (QED) is 0.649. The first-order valence-electron chi connectivity index (χ1n) is 6.53. The van der Waals surface area contributed by atoms with E-state index < -0.39 is 5.82 Å². The van der Waals surface area contributed by atoms with Gasteiger partial charge in [0.05, 0.1) is 6.20 Å². The molecule has 0 amide bonds. The molecule has 6 heteroatoms. The molecule has 0 aliphatic carbocycles. The van der Waals surface area contributed by atoms with Gasteiger partial charge in [0, 0.05) is 12.2 Å². The predicted molar refractivity (Wildman–Crippen MR) is 76.1 cm³/mol. The Morgan fingerprint density at radius 1 is 1.40 bits per heavy atom. The van der Waals surface area contributed by atoms with Gasteiger partial charge < -0.3 is 4.90 Å². The molecule has 1 aromatic carbocycles. The van der Waals surface area contributed by atoms with Gasteiger partial charge in [0.2, 0.25) is 5.95 Å². The molecule has 1 aliphatic rings. The Morgan fingerprint density at radius 3 is 3.00 bits per heavy atom. The number of nitrogens with two attached hydrogens (primary N) is 1. The maximum atomic E-state index is 14.1. The second kappa shape index (κ2) is 5.05. The fourth-order valence-corrected chi connectivity index (χ4v) is 2.61. The highest BCUT2D eigenvalue weighted by Crippen LogP contribution is 2.35. The second-order valence-electron chi connectivity index (χ2n) is 5.06. The summed E-state index contributed by atoms with van der Waals surface area (Å²) in [5.41, 5.74) is 4.55. The minimum absolute atomic E-state index is 0.206. The summed E-state index contributed by atoms with van der Waals surface area (Å²) in [7, 11) is 0. The normalized spacial score (nSPS) is 17.8. The van der Waals surface area contributed by atoms with Gasteiger partial charge in [0.25, 0.3) is 0 Å². The van der Waals surface area contributed by atoms with E-state index in [1.807, 2.05) is 23.1 Å². The summed E-state index contributed by atoms with van der Waals surface area (Å²) in [5, 5.41) is 0. The third-order valence-corrected chi connectivity index (χ3v) is 3.46. The summed E-state index contributed by atoms with van der Waals surface area (Å²) >= 11 is 0. The number of nitrogen functional groups attached to an aromatic ring is 1. The van der Waals surface area contributed by atoms with Crippen LogP contribution in [0.25, 0.3) is 0 Å². The van der Waals surface area contributed by atoms with Gasteiger partial charge in [-0.1, -0.05) is 25.1 Å². The molecule has 104 valence electrons. The molecule has 1 unspecified atom stereocenters. The number of para-hydroxylation sites is 1. The van der Waals surface area contributed by atoms with Crippen molar-refractivity contribution in [2.45, 2.75) is 13.3 Å². The number of rotatable bonds is 2. The molecule has 1 aromatic heterocycles. The third kappa shape index (κ3) is 2.18. The molecule has 0 bridgehead atoms. The Bertz CT molecular complexity index is 631. The average molecular weight is 273 g/mol. The van der Waals surface area contributed by atoms with Crippen LogP contribution in [-0.4, -0.2) is 16.5 Å². The molecule has 0 radical (unpaired) electrons. The minimum Gasteiger partial charge on any atom is -0.323 e. The fourth-order valence-electron chi connectivity index (χ4n) is 2.61. The molecule has 20 heavy (non-hydrogen) atoms. The molecule has 3 N–H and O–H groups in total. The van der Waals surface area contributed by atoms with Gasteiger partial charge in [-0.05, 0) is 24.0 Å². The standard InChI is InChI=1S/C14H16FN5/c1-9-6-10-4-2-3-5-12(10)20(8-9)13-11(15)7-17-14(18-13)19-16/h2-5,7,9H,6,8,16H2,1H3,(H,17,18,19). The van der Waals surface area contributed by atoms with Crippen LogP contribution in [0.4, 0.5) is 21.8 Å². The van der Waals surface area contributed by atoms with E-state index >= 15 is 0 Å². The first-order valence-corrected chi connectivity index (χ1v) is 6.53. The number of aromatic nitrogens is 2. The Balaban J connectivity index is 2.10. The zero-order valence-corrected chi connectivity index (χ0v) is 11.2. The van der Waals surface area contributed by atoms with Gasteiger partial charge >= 0.3 is 0 Å². The highest BCUT2D eigenvalue weighted by molar-refractivity contribution is 5.66. The minimum atomic E-state index is -0.451. The van der Waals surface area contributed by atoms with E-state index in [1.54, 1.807) is 0 Å². The first kappa shape index (κ1) is 12.8. The van der Waals surface area contributed by atoms with Crippen molar-refractivity contribution in [3.63, 3.8) is 0 Å². The van der Waals surface area contributed by atoms with Crippen molar-refractivity contribution in [2.24, 2.45) is 11.8 Å². The Kier molecular flexibility index (Phi) is 3.23. The van der Waals surface area contributed by atoms with Crippen molar-refractivity contribution in [3.8, 4) is 0 Å². The zero-order chi connectivity index (χ0) is 14.1. The molecular formula is C14H16FN5. The third-order valence-electron chi connectivity index (χ3n) is 3.46. The lowest BCUT2D eigenvalue weighted by Gasteiger charge is -2.34. The van der Waals surface area contributed by atoms with Crippen LogP contribution in [0.15, 0.2) is 30.5 Å². The zero-order valence-electron chi connectivity index (χ0n) is 11.2. The number of hydrazine groups is 1. The van der Waals surface area contributed by atoms with Gasteiger partial charge in [-0.15, -0.1) is 0 Å². The predicted octanol–water partition coefficient (Wildman–Crippen LogP) is 2.23. The van der Waals surface area contributed by atoms with Crippen molar-refractivity contribution in [3.05, 3.63) is 41.8 Å². The number of fused-ring (bicyclic) bond motifs is 1. The van der Waals surface area contributed by atoms with Crippen LogP contribution in [0.1, 0.15) is 12.5 Å². The molecule has 5 nitrogen and oxygen atoms in total. The number of benzene rings is 1. The number of nitrogens with one attached hydrogen (secondary N) is 1. The Hall–Kier alpha value is -2.21. The molecule has 1 atom stereocenters.